The first kappa shape index (κ1) is 13.8. The van der Waals surface area contributed by atoms with Crippen LogP contribution in [0, 0.1) is 0 Å². The maximum absolute atomic E-state index is 9.81. The van der Waals surface area contributed by atoms with Crippen LogP contribution in [-0.2, 0) is 0 Å². The van der Waals surface area contributed by atoms with Gasteiger partial charge in [-0.1, -0.05) is 62.0 Å². The lowest BCUT2D eigenvalue weighted by Crippen LogP contribution is -1.96. The number of hydrogen-bond donors (Lipinski definition) is 1. The van der Waals surface area contributed by atoms with Gasteiger partial charge in [0.05, 0.1) is 6.10 Å². The molecule has 0 bridgehead atoms. The molecular formula is C15H17ClO. The lowest BCUT2D eigenvalue weighted by molar-refractivity contribution is 0.173. The first-order valence-corrected chi connectivity index (χ1v) is 5.93. The quantitative estimate of drug-likeness (QED) is 0.764. The van der Waals surface area contributed by atoms with E-state index in [1.165, 1.54) is 0 Å². The van der Waals surface area contributed by atoms with Crippen LogP contribution in [0.2, 0.25) is 0 Å². The summed E-state index contributed by atoms with van der Waals surface area (Å²) in [6, 6.07) is 7.67. The number of hydrogen-bond acceptors (Lipinski definition) is 1. The zero-order valence-electron chi connectivity index (χ0n) is 9.99. The van der Waals surface area contributed by atoms with E-state index in [0.717, 1.165) is 16.7 Å². The molecule has 0 aliphatic rings. The molecule has 0 saturated carbocycles. The predicted molar refractivity (Wildman–Crippen MR) is 74.9 cm³/mol. The van der Waals surface area contributed by atoms with E-state index in [1.807, 2.05) is 37.3 Å². The molecule has 0 heterocycles. The predicted octanol–water partition coefficient (Wildman–Crippen LogP) is 4.45. The van der Waals surface area contributed by atoms with E-state index in [0.29, 0.717) is 11.5 Å². The molecule has 1 unspecified atom stereocenters. The summed E-state index contributed by atoms with van der Waals surface area (Å²) < 4.78 is 0. The highest BCUT2D eigenvalue weighted by molar-refractivity contribution is 6.36. The SMILES string of the molecule is C=C/C=C(\C(=C)Cl)c1cccc(C(O)CC)c1. The third-order valence-electron chi connectivity index (χ3n) is 2.55. The Labute approximate surface area is 108 Å². The first-order valence-electron chi connectivity index (χ1n) is 5.56. The van der Waals surface area contributed by atoms with Crippen LogP contribution in [-0.4, -0.2) is 5.11 Å². The molecule has 1 nitrogen and oxygen atoms in total. The van der Waals surface area contributed by atoms with E-state index >= 15 is 0 Å². The average molecular weight is 249 g/mol. The van der Waals surface area contributed by atoms with Crippen LogP contribution in [0.5, 0.6) is 0 Å². The Hall–Kier alpha value is -1.31. The fraction of sp³-hybridized carbons (Fsp3) is 0.200. The second kappa shape index (κ2) is 6.43. The van der Waals surface area contributed by atoms with Crippen molar-refractivity contribution >= 4 is 17.2 Å². The Morgan fingerprint density at radius 3 is 2.76 bits per heavy atom. The molecule has 0 radical (unpaired) electrons. The van der Waals surface area contributed by atoms with Crippen molar-refractivity contribution in [2.24, 2.45) is 0 Å². The molecule has 17 heavy (non-hydrogen) atoms. The number of benzene rings is 1. The van der Waals surface area contributed by atoms with E-state index in [4.69, 9.17) is 11.6 Å². The van der Waals surface area contributed by atoms with Crippen molar-refractivity contribution in [2.75, 3.05) is 0 Å². The molecule has 1 rings (SSSR count). The second-order valence-corrected chi connectivity index (χ2v) is 4.23. The normalized spacial score (nSPS) is 13.2. The highest BCUT2D eigenvalue weighted by Gasteiger charge is 2.08. The van der Waals surface area contributed by atoms with Gasteiger partial charge in [-0.2, -0.15) is 0 Å². The number of aliphatic hydroxyl groups is 1. The monoisotopic (exact) mass is 248 g/mol. The molecule has 1 atom stereocenters. The van der Waals surface area contributed by atoms with Gasteiger partial charge in [0.1, 0.15) is 0 Å². The van der Waals surface area contributed by atoms with Crippen LogP contribution < -0.4 is 0 Å². The van der Waals surface area contributed by atoms with Crippen molar-refractivity contribution in [3.05, 3.63) is 65.7 Å². The highest BCUT2D eigenvalue weighted by atomic mass is 35.5. The standard InChI is InChI=1S/C15H17ClO/c1-4-7-14(11(3)16)12-8-6-9-13(10-12)15(17)5-2/h4,6-10,15,17H,1,3,5H2,2H3/b14-7+. The third kappa shape index (κ3) is 3.58. The summed E-state index contributed by atoms with van der Waals surface area (Å²) in [6.45, 7) is 9.33. The highest BCUT2D eigenvalue weighted by Crippen LogP contribution is 2.27. The van der Waals surface area contributed by atoms with Crippen molar-refractivity contribution in [1.29, 1.82) is 0 Å². The molecule has 90 valence electrons. The van der Waals surface area contributed by atoms with E-state index in [1.54, 1.807) is 6.08 Å². The van der Waals surface area contributed by atoms with Crippen molar-refractivity contribution in [3.8, 4) is 0 Å². The Balaban J connectivity index is 3.17. The summed E-state index contributed by atoms with van der Waals surface area (Å²) in [5.41, 5.74) is 2.65. The minimum Gasteiger partial charge on any atom is -0.388 e. The van der Waals surface area contributed by atoms with Crippen molar-refractivity contribution in [2.45, 2.75) is 19.4 Å². The molecule has 1 aromatic rings. The topological polar surface area (TPSA) is 20.2 Å². The summed E-state index contributed by atoms with van der Waals surface area (Å²) in [5, 5.41) is 10.3. The molecule has 0 spiro atoms. The van der Waals surface area contributed by atoms with Crippen molar-refractivity contribution in [1.82, 2.24) is 0 Å². The van der Waals surface area contributed by atoms with Crippen molar-refractivity contribution < 1.29 is 5.11 Å². The minimum atomic E-state index is -0.441. The van der Waals surface area contributed by atoms with Crippen LogP contribution >= 0.6 is 11.6 Å². The molecule has 0 amide bonds. The van der Waals surface area contributed by atoms with E-state index in [-0.39, 0.29) is 0 Å². The summed E-state index contributed by atoms with van der Waals surface area (Å²) in [7, 11) is 0. The lowest BCUT2D eigenvalue weighted by Gasteiger charge is -2.11. The molecule has 1 aromatic carbocycles. The van der Waals surface area contributed by atoms with E-state index in [2.05, 4.69) is 13.2 Å². The van der Waals surface area contributed by atoms with E-state index < -0.39 is 6.10 Å². The van der Waals surface area contributed by atoms with Crippen LogP contribution in [0.15, 0.2) is 54.6 Å². The first-order chi connectivity index (χ1) is 8.10. The molecule has 2 heteroatoms. The van der Waals surface area contributed by atoms with Crippen LogP contribution in [0.1, 0.15) is 30.6 Å². The molecule has 0 fully saturated rings. The van der Waals surface area contributed by atoms with Gasteiger partial charge in [0.25, 0.3) is 0 Å². The largest absolute Gasteiger partial charge is 0.388 e. The van der Waals surface area contributed by atoms with Gasteiger partial charge in [-0.15, -0.1) is 0 Å². The summed E-state index contributed by atoms with van der Waals surface area (Å²) in [5.74, 6) is 0. The fourth-order valence-corrected chi connectivity index (χ4v) is 1.78. The molecule has 0 aromatic heterocycles. The summed E-state index contributed by atoms with van der Waals surface area (Å²) >= 11 is 5.95. The Kier molecular flexibility index (Phi) is 5.20. The third-order valence-corrected chi connectivity index (χ3v) is 2.75. The minimum absolute atomic E-state index is 0.441. The zero-order chi connectivity index (χ0) is 12.8. The van der Waals surface area contributed by atoms with Gasteiger partial charge in [0.2, 0.25) is 0 Å². The maximum atomic E-state index is 9.81. The summed E-state index contributed by atoms with van der Waals surface area (Å²) in [4.78, 5) is 0. The lowest BCUT2D eigenvalue weighted by atomic mass is 9.99. The maximum Gasteiger partial charge on any atom is 0.0787 e. The molecule has 0 saturated heterocycles. The van der Waals surface area contributed by atoms with Gasteiger partial charge in [-0.05, 0) is 29.2 Å². The summed E-state index contributed by atoms with van der Waals surface area (Å²) in [6.07, 6.45) is 3.73. The van der Waals surface area contributed by atoms with Crippen LogP contribution in [0.4, 0.5) is 0 Å². The number of aliphatic hydroxyl groups excluding tert-OH is 1. The van der Waals surface area contributed by atoms with E-state index in [9.17, 15) is 5.11 Å². The van der Waals surface area contributed by atoms with Gasteiger partial charge in [0.15, 0.2) is 0 Å². The van der Waals surface area contributed by atoms with Crippen molar-refractivity contribution in [3.63, 3.8) is 0 Å². The van der Waals surface area contributed by atoms with Gasteiger partial charge in [-0.25, -0.2) is 0 Å². The Morgan fingerprint density at radius 1 is 1.53 bits per heavy atom. The van der Waals surface area contributed by atoms with Gasteiger partial charge in [0, 0.05) is 5.03 Å². The smallest absolute Gasteiger partial charge is 0.0787 e. The number of allylic oxidation sites excluding steroid dienone is 4. The number of rotatable bonds is 5. The number of halogens is 1. The van der Waals surface area contributed by atoms with Gasteiger partial charge < -0.3 is 5.11 Å². The van der Waals surface area contributed by atoms with Gasteiger partial charge >= 0.3 is 0 Å². The second-order valence-electron chi connectivity index (χ2n) is 3.77. The molecular weight excluding hydrogens is 232 g/mol. The van der Waals surface area contributed by atoms with Gasteiger partial charge in [-0.3, -0.25) is 0 Å². The zero-order valence-corrected chi connectivity index (χ0v) is 10.7. The Morgan fingerprint density at radius 2 is 2.24 bits per heavy atom. The molecule has 1 N–H and O–H groups in total. The fourth-order valence-electron chi connectivity index (χ4n) is 1.61. The molecule has 0 aliphatic carbocycles. The van der Waals surface area contributed by atoms with Crippen LogP contribution in [0.3, 0.4) is 0 Å². The Bertz CT molecular complexity index is 446. The average Bonchev–Trinajstić information content (AvgIpc) is 2.34. The van der Waals surface area contributed by atoms with Crippen LogP contribution in [0.25, 0.3) is 5.57 Å². The molecule has 0 aliphatic heterocycles.